The third-order valence-corrected chi connectivity index (χ3v) is 5.72. The van der Waals surface area contributed by atoms with Gasteiger partial charge in [-0.3, -0.25) is 4.79 Å². The molecule has 0 aliphatic carbocycles. The Labute approximate surface area is 157 Å². The lowest BCUT2D eigenvalue weighted by atomic mass is 10.1. The van der Waals surface area contributed by atoms with Crippen LogP contribution in [0.4, 0.5) is 0 Å². The maximum absolute atomic E-state index is 12.4. The van der Waals surface area contributed by atoms with Crippen molar-refractivity contribution in [2.24, 2.45) is 0 Å². The minimum absolute atomic E-state index is 0.0357. The number of benzene rings is 2. The Morgan fingerprint density at radius 2 is 1.80 bits per heavy atom. The summed E-state index contributed by atoms with van der Waals surface area (Å²) in [6, 6.07) is 12.8. The summed E-state index contributed by atoms with van der Waals surface area (Å²) in [4.78, 5) is 11.9. The number of hydrogen-bond acceptors (Lipinski definition) is 3. The van der Waals surface area contributed by atoms with E-state index in [0.717, 1.165) is 5.56 Å². The fourth-order valence-electron chi connectivity index (χ4n) is 2.16. The van der Waals surface area contributed by atoms with E-state index in [-0.39, 0.29) is 14.9 Å². The standard InChI is InChI=1S/C17H18Cl2N2O3S/c1-12(17(22)20-10-9-13-5-3-2-4-6-13)21-25(23,24)16-11-14(18)7-8-15(16)19/h2-8,11-12,21H,9-10H2,1H3,(H,20,22)/t12-/m1/s1. The summed E-state index contributed by atoms with van der Waals surface area (Å²) in [5.74, 6) is -0.419. The van der Waals surface area contributed by atoms with Crippen molar-refractivity contribution >= 4 is 39.1 Å². The first-order chi connectivity index (χ1) is 11.8. The minimum Gasteiger partial charge on any atom is -0.354 e. The summed E-state index contributed by atoms with van der Waals surface area (Å²) < 4.78 is 27.1. The highest BCUT2D eigenvalue weighted by molar-refractivity contribution is 7.89. The second-order valence-electron chi connectivity index (χ2n) is 5.44. The van der Waals surface area contributed by atoms with Gasteiger partial charge >= 0.3 is 0 Å². The van der Waals surface area contributed by atoms with Crippen molar-refractivity contribution in [3.63, 3.8) is 0 Å². The molecule has 8 heteroatoms. The van der Waals surface area contributed by atoms with Gasteiger partial charge in [0, 0.05) is 11.6 Å². The summed E-state index contributed by atoms with van der Waals surface area (Å²) in [7, 11) is -3.96. The van der Waals surface area contributed by atoms with Crippen LogP contribution in [-0.2, 0) is 21.2 Å². The zero-order valence-electron chi connectivity index (χ0n) is 13.5. The van der Waals surface area contributed by atoms with Crippen molar-refractivity contribution < 1.29 is 13.2 Å². The molecule has 0 radical (unpaired) electrons. The third kappa shape index (κ3) is 5.71. The number of rotatable bonds is 7. The maximum Gasteiger partial charge on any atom is 0.242 e. The highest BCUT2D eigenvalue weighted by Crippen LogP contribution is 2.24. The number of nitrogens with one attached hydrogen (secondary N) is 2. The quantitative estimate of drug-likeness (QED) is 0.749. The Kier molecular flexibility index (Phi) is 6.84. The number of amides is 1. The first kappa shape index (κ1) is 19.7. The Morgan fingerprint density at radius 3 is 2.48 bits per heavy atom. The summed E-state index contributed by atoms with van der Waals surface area (Å²) in [6.45, 7) is 1.88. The van der Waals surface area contributed by atoms with Gasteiger partial charge in [0.05, 0.1) is 11.1 Å². The molecule has 25 heavy (non-hydrogen) atoms. The van der Waals surface area contributed by atoms with E-state index >= 15 is 0 Å². The lowest BCUT2D eigenvalue weighted by Crippen LogP contribution is -2.45. The lowest BCUT2D eigenvalue weighted by Gasteiger charge is -2.15. The van der Waals surface area contributed by atoms with Crippen molar-refractivity contribution in [3.8, 4) is 0 Å². The topological polar surface area (TPSA) is 75.3 Å². The third-order valence-electron chi connectivity index (χ3n) is 3.46. The first-order valence-corrected chi connectivity index (χ1v) is 9.82. The SMILES string of the molecule is C[C@@H](NS(=O)(=O)c1cc(Cl)ccc1Cl)C(=O)NCCc1ccccc1. The Balaban J connectivity index is 1.94. The van der Waals surface area contributed by atoms with Crippen LogP contribution in [0.3, 0.4) is 0 Å². The molecule has 0 aliphatic rings. The predicted octanol–water partition coefficient (Wildman–Crippen LogP) is 3.02. The summed E-state index contributed by atoms with van der Waals surface area (Å²) in [5, 5.41) is 2.98. The Bertz CT molecular complexity index is 842. The van der Waals surface area contributed by atoms with E-state index in [0.29, 0.717) is 13.0 Å². The fraction of sp³-hybridized carbons (Fsp3) is 0.235. The zero-order valence-corrected chi connectivity index (χ0v) is 15.8. The highest BCUT2D eigenvalue weighted by Gasteiger charge is 2.24. The predicted molar refractivity (Wildman–Crippen MR) is 99.4 cm³/mol. The summed E-state index contributed by atoms with van der Waals surface area (Å²) in [6.07, 6.45) is 0.659. The maximum atomic E-state index is 12.4. The molecule has 0 fully saturated rings. The van der Waals surface area contributed by atoms with E-state index in [9.17, 15) is 13.2 Å². The van der Waals surface area contributed by atoms with Crippen LogP contribution in [0.15, 0.2) is 53.4 Å². The molecule has 0 spiro atoms. The molecule has 0 heterocycles. The van der Waals surface area contributed by atoms with Crippen LogP contribution in [-0.4, -0.2) is 26.9 Å². The molecule has 2 rings (SSSR count). The first-order valence-electron chi connectivity index (χ1n) is 7.58. The van der Waals surface area contributed by atoms with Crippen molar-refractivity contribution in [2.45, 2.75) is 24.3 Å². The molecule has 0 bridgehead atoms. The fourth-order valence-corrected chi connectivity index (χ4v) is 4.13. The van der Waals surface area contributed by atoms with E-state index in [1.165, 1.54) is 25.1 Å². The molecule has 0 aromatic heterocycles. The minimum atomic E-state index is -3.96. The number of sulfonamides is 1. The molecule has 2 aromatic rings. The van der Waals surface area contributed by atoms with E-state index in [1.54, 1.807) is 0 Å². The molecule has 2 N–H and O–H groups in total. The van der Waals surface area contributed by atoms with Gasteiger partial charge in [0.15, 0.2) is 0 Å². The van der Waals surface area contributed by atoms with Gasteiger partial charge in [-0.1, -0.05) is 53.5 Å². The van der Waals surface area contributed by atoms with E-state index in [2.05, 4.69) is 10.0 Å². The smallest absolute Gasteiger partial charge is 0.242 e. The molecule has 1 amide bonds. The van der Waals surface area contributed by atoms with Gasteiger partial charge < -0.3 is 5.32 Å². The number of carbonyl (C=O) groups excluding carboxylic acids is 1. The average molecular weight is 401 g/mol. The van der Waals surface area contributed by atoms with E-state index in [1.807, 2.05) is 30.3 Å². The second-order valence-corrected chi connectivity index (χ2v) is 7.97. The number of halogens is 2. The van der Waals surface area contributed by atoms with Crippen LogP contribution in [0.25, 0.3) is 0 Å². The van der Waals surface area contributed by atoms with Crippen molar-refractivity contribution in [1.82, 2.24) is 10.0 Å². The molecule has 5 nitrogen and oxygen atoms in total. The molecule has 134 valence electrons. The Hall–Kier alpha value is -1.60. The molecular weight excluding hydrogens is 383 g/mol. The largest absolute Gasteiger partial charge is 0.354 e. The summed E-state index contributed by atoms with van der Waals surface area (Å²) >= 11 is 11.7. The van der Waals surface area contributed by atoms with Crippen LogP contribution in [0.1, 0.15) is 12.5 Å². The molecule has 0 saturated carbocycles. The molecule has 1 atom stereocenters. The van der Waals surface area contributed by atoms with Gasteiger partial charge in [0.1, 0.15) is 4.90 Å². The van der Waals surface area contributed by atoms with Crippen LogP contribution < -0.4 is 10.0 Å². The molecule has 0 saturated heterocycles. The number of carbonyl (C=O) groups is 1. The van der Waals surface area contributed by atoms with E-state index < -0.39 is 22.0 Å². The van der Waals surface area contributed by atoms with Crippen molar-refractivity contribution in [2.75, 3.05) is 6.54 Å². The molecule has 2 aromatic carbocycles. The van der Waals surface area contributed by atoms with Crippen LogP contribution in [0, 0.1) is 0 Å². The van der Waals surface area contributed by atoms with Gasteiger partial charge in [-0.05, 0) is 37.1 Å². The van der Waals surface area contributed by atoms with Crippen LogP contribution >= 0.6 is 23.2 Å². The highest BCUT2D eigenvalue weighted by atomic mass is 35.5. The number of hydrogen-bond donors (Lipinski definition) is 2. The monoisotopic (exact) mass is 400 g/mol. The molecular formula is C17H18Cl2N2O3S. The Morgan fingerprint density at radius 1 is 1.12 bits per heavy atom. The van der Waals surface area contributed by atoms with Gasteiger partial charge in [0.2, 0.25) is 15.9 Å². The van der Waals surface area contributed by atoms with Gasteiger partial charge in [-0.15, -0.1) is 0 Å². The molecule has 0 unspecified atom stereocenters. The van der Waals surface area contributed by atoms with Crippen LogP contribution in [0.2, 0.25) is 10.0 Å². The van der Waals surface area contributed by atoms with Crippen molar-refractivity contribution in [3.05, 3.63) is 64.1 Å². The van der Waals surface area contributed by atoms with Gasteiger partial charge in [-0.2, -0.15) is 4.72 Å². The van der Waals surface area contributed by atoms with Crippen LogP contribution in [0.5, 0.6) is 0 Å². The van der Waals surface area contributed by atoms with E-state index in [4.69, 9.17) is 23.2 Å². The zero-order chi connectivity index (χ0) is 18.4. The second kappa shape index (κ2) is 8.67. The summed E-state index contributed by atoms with van der Waals surface area (Å²) in [5.41, 5.74) is 1.08. The van der Waals surface area contributed by atoms with Gasteiger partial charge in [-0.25, -0.2) is 8.42 Å². The normalized spacial score (nSPS) is 12.6. The van der Waals surface area contributed by atoms with Gasteiger partial charge in [0.25, 0.3) is 0 Å². The van der Waals surface area contributed by atoms with Crippen molar-refractivity contribution in [1.29, 1.82) is 0 Å². The average Bonchev–Trinajstić information content (AvgIpc) is 2.57. The molecule has 0 aliphatic heterocycles. The lowest BCUT2D eigenvalue weighted by molar-refractivity contribution is -0.122.